The van der Waals surface area contributed by atoms with Crippen molar-refractivity contribution in [2.45, 2.75) is 0 Å². The number of benzene rings is 7. The van der Waals surface area contributed by atoms with E-state index >= 15 is 0 Å². The molecule has 10 aromatic rings. The highest BCUT2D eigenvalue weighted by Crippen LogP contribution is 2.42. The first-order valence-electron chi connectivity index (χ1n) is 16.9. The monoisotopic (exact) mass is 638 g/mol. The molecule has 4 nitrogen and oxygen atoms in total. The van der Waals surface area contributed by atoms with Gasteiger partial charge in [-0.25, -0.2) is 9.97 Å². The van der Waals surface area contributed by atoms with Crippen LogP contribution in [0.3, 0.4) is 0 Å². The van der Waals surface area contributed by atoms with Gasteiger partial charge >= 0.3 is 0 Å². The fourth-order valence-electron chi connectivity index (χ4n) is 7.52. The average Bonchev–Trinajstić information content (AvgIpc) is 3.71. The van der Waals surface area contributed by atoms with Crippen LogP contribution in [0.2, 0.25) is 0 Å². The Bertz CT molecular complexity index is 2740. The van der Waals surface area contributed by atoms with Crippen LogP contribution in [0.5, 0.6) is 0 Å². The van der Waals surface area contributed by atoms with Crippen LogP contribution in [-0.2, 0) is 0 Å². The smallest absolute Gasteiger partial charge is 0.160 e. The summed E-state index contributed by atoms with van der Waals surface area (Å²) in [6.45, 7) is 0. The fraction of sp³-hybridized carbons (Fsp3) is 0. The molecule has 0 N–H and O–H groups in total. The zero-order valence-electron chi connectivity index (χ0n) is 27.1. The lowest BCUT2D eigenvalue weighted by Gasteiger charge is -2.19. The zero-order valence-corrected chi connectivity index (χ0v) is 27.1. The highest BCUT2D eigenvalue weighted by Gasteiger charge is 2.24. The summed E-state index contributed by atoms with van der Waals surface area (Å²) in [5, 5.41) is 4.85. The Morgan fingerprint density at radius 1 is 0.320 bits per heavy atom. The summed E-state index contributed by atoms with van der Waals surface area (Å²) in [5.74, 6) is 0.696. The minimum absolute atomic E-state index is 0.696. The van der Waals surface area contributed by atoms with E-state index in [4.69, 9.17) is 9.97 Å². The molecule has 0 aliphatic carbocycles. The van der Waals surface area contributed by atoms with Crippen molar-refractivity contribution in [2.24, 2.45) is 0 Å². The molecule has 3 aromatic heterocycles. The summed E-state index contributed by atoms with van der Waals surface area (Å²) in [4.78, 5) is 10.7. The molecule has 0 spiro atoms. The van der Waals surface area contributed by atoms with Crippen molar-refractivity contribution in [1.82, 2.24) is 19.1 Å². The molecule has 4 heteroatoms. The van der Waals surface area contributed by atoms with Gasteiger partial charge in [0.25, 0.3) is 0 Å². The maximum Gasteiger partial charge on any atom is 0.160 e. The van der Waals surface area contributed by atoms with Crippen molar-refractivity contribution in [3.8, 4) is 45.3 Å². The lowest BCUT2D eigenvalue weighted by atomic mass is 10.0. The first-order valence-corrected chi connectivity index (χ1v) is 16.9. The molecular formula is C46H30N4. The number of para-hydroxylation sites is 3. The van der Waals surface area contributed by atoms with Gasteiger partial charge in [0.1, 0.15) is 0 Å². The lowest BCUT2D eigenvalue weighted by molar-refractivity contribution is 1.09. The molecule has 0 bridgehead atoms. The van der Waals surface area contributed by atoms with E-state index in [1.807, 2.05) is 18.2 Å². The molecule has 50 heavy (non-hydrogen) atoms. The number of rotatable bonds is 5. The van der Waals surface area contributed by atoms with Crippen molar-refractivity contribution >= 4 is 43.6 Å². The quantitative estimate of drug-likeness (QED) is 0.188. The normalized spacial score (nSPS) is 11.6. The third-order valence-electron chi connectivity index (χ3n) is 9.73. The number of fused-ring (bicyclic) bond motifs is 6. The number of nitrogens with zero attached hydrogens (tertiary/aromatic N) is 4. The van der Waals surface area contributed by atoms with Gasteiger partial charge in [-0.15, -0.1) is 0 Å². The molecule has 234 valence electrons. The van der Waals surface area contributed by atoms with Crippen LogP contribution in [0.1, 0.15) is 0 Å². The molecule has 10 rings (SSSR count). The molecule has 0 aliphatic heterocycles. The van der Waals surface area contributed by atoms with Crippen molar-refractivity contribution in [3.05, 3.63) is 182 Å². The molecule has 0 unspecified atom stereocenters. The molecule has 0 aliphatic rings. The highest BCUT2D eigenvalue weighted by molar-refractivity contribution is 6.13. The molecule has 0 fully saturated rings. The van der Waals surface area contributed by atoms with Crippen molar-refractivity contribution < 1.29 is 0 Å². The van der Waals surface area contributed by atoms with Gasteiger partial charge in [0, 0.05) is 43.9 Å². The second kappa shape index (κ2) is 11.4. The summed E-state index contributed by atoms with van der Waals surface area (Å²) >= 11 is 0. The van der Waals surface area contributed by atoms with Crippen molar-refractivity contribution in [2.75, 3.05) is 0 Å². The van der Waals surface area contributed by atoms with Gasteiger partial charge in [0.15, 0.2) is 5.82 Å². The van der Waals surface area contributed by atoms with Crippen LogP contribution < -0.4 is 0 Å². The van der Waals surface area contributed by atoms with Crippen LogP contribution in [0.25, 0.3) is 88.9 Å². The van der Waals surface area contributed by atoms with Crippen LogP contribution in [-0.4, -0.2) is 19.1 Å². The van der Waals surface area contributed by atoms with E-state index in [-0.39, 0.29) is 0 Å². The summed E-state index contributed by atoms with van der Waals surface area (Å²) in [6, 6.07) is 64.2. The summed E-state index contributed by atoms with van der Waals surface area (Å²) in [5.41, 5.74) is 11.5. The van der Waals surface area contributed by atoms with E-state index in [1.165, 1.54) is 32.6 Å². The van der Waals surface area contributed by atoms with Crippen LogP contribution in [0.15, 0.2) is 182 Å². The maximum atomic E-state index is 5.36. The molecule has 0 saturated carbocycles. The third kappa shape index (κ3) is 4.39. The molecule has 0 saturated heterocycles. The Morgan fingerprint density at radius 3 is 1.24 bits per heavy atom. The standard InChI is InChI=1S/C46H30N4/c1-4-16-31(17-5-1)43-45(44(32-18-6-2-7-19-32)48-46(47-43)33-20-8-3-9-21-33)50-41-27-15-12-24-37(41)38-30-34(28-29-42(38)50)49-39-25-13-10-22-35(39)36-23-11-14-26-40(36)49/h1-30H. The number of aromatic nitrogens is 4. The second-order valence-corrected chi connectivity index (χ2v) is 12.6. The molecule has 0 radical (unpaired) electrons. The van der Waals surface area contributed by atoms with E-state index in [9.17, 15) is 0 Å². The lowest BCUT2D eigenvalue weighted by Crippen LogP contribution is -2.06. The van der Waals surface area contributed by atoms with Gasteiger partial charge in [-0.1, -0.05) is 146 Å². The van der Waals surface area contributed by atoms with Crippen molar-refractivity contribution in [1.29, 1.82) is 0 Å². The molecule has 7 aromatic carbocycles. The SMILES string of the molecule is c1ccc(-c2nc(-c3ccccc3)c(-n3c4ccccc4c4cc(-n5c6ccccc6c6ccccc65)ccc43)c(-c3ccccc3)n2)cc1. The average molecular weight is 639 g/mol. The minimum atomic E-state index is 0.696. The number of hydrogen-bond donors (Lipinski definition) is 0. The molecule has 0 amide bonds. The fourth-order valence-corrected chi connectivity index (χ4v) is 7.52. The van der Waals surface area contributed by atoms with Crippen LogP contribution >= 0.6 is 0 Å². The van der Waals surface area contributed by atoms with Gasteiger partial charge in [0.05, 0.1) is 39.1 Å². The minimum Gasteiger partial charge on any atom is -0.309 e. The molecular weight excluding hydrogens is 609 g/mol. The molecule has 0 atom stereocenters. The zero-order chi connectivity index (χ0) is 33.0. The van der Waals surface area contributed by atoms with E-state index in [1.54, 1.807) is 0 Å². The Balaban J connectivity index is 1.32. The van der Waals surface area contributed by atoms with E-state index in [0.717, 1.165) is 50.5 Å². The first kappa shape index (κ1) is 28.3. The van der Waals surface area contributed by atoms with E-state index < -0.39 is 0 Å². The van der Waals surface area contributed by atoms with Gasteiger partial charge in [-0.3, -0.25) is 0 Å². The Labute approximate surface area is 289 Å². The Morgan fingerprint density at radius 2 is 0.720 bits per heavy atom. The van der Waals surface area contributed by atoms with Gasteiger partial charge < -0.3 is 9.13 Å². The second-order valence-electron chi connectivity index (χ2n) is 12.6. The third-order valence-corrected chi connectivity index (χ3v) is 9.73. The Hall–Kier alpha value is -6.78. The predicted molar refractivity (Wildman–Crippen MR) is 207 cm³/mol. The first-order chi connectivity index (χ1) is 24.8. The topological polar surface area (TPSA) is 35.6 Å². The summed E-state index contributed by atoms with van der Waals surface area (Å²) < 4.78 is 4.76. The summed E-state index contributed by atoms with van der Waals surface area (Å²) in [7, 11) is 0. The summed E-state index contributed by atoms with van der Waals surface area (Å²) in [6.07, 6.45) is 0. The van der Waals surface area contributed by atoms with Gasteiger partial charge in [-0.2, -0.15) is 0 Å². The molecule has 3 heterocycles. The van der Waals surface area contributed by atoms with E-state index in [0.29, 0.717) is 5.82 Å². The Kier molecular flexibility index (Phi) is 6.46. The van der Waals surface area contributed by atoms with Crippen LogP contribution in [0, 0.1) is 0 Å². The number of hydrogen-bond acceptors (Lipinski definition) is 2. The maximum absolute atomic E-state index is 5.36. The van der Waals surface area contributed by atoms with Gasteiger partial charge in [0.2, 0.25) is 0 Å². The van der Waals surface area contributed by atoms with Crippen LogP contribution in [0.4, 0.5) is 0 Å². The highest BCUT2D eigenvalue weighted by atomic mass is 15.1. The van der Waals surface area contributed by atoms with Crippen molar-refractivity contribution in [3.63, 3.8) is 0 Å². The van der Waals surface area contributed by atoms with E-state index in [2.05, 4.69) is 173 Å². The largest absolute Gasteiger partial charge is 0.309 e. The predicted octanol–water partition coefficient (Wildman–Crippen LogP) is 11.7. The van der Waals surface area contributed by atoms with Gasteiger partial charge in [-0.05, 0) is 36.4 Å².